The first kappa shape index (κ1) is 24.4. The van der Waals surface area contributed by atoms with Crippen molar-refractivity contribution in [2.24, 2.45) is 5.92 Å². The lowest BCUT2D eigenvalue weighted by Gasteiger charge is -2.17. The van der Waals surface area contributed by atoms with E-state index in [2.05, 4.69) is 36.6 Å². The summed E-state index contributed by atoms with van der Waals surface area (Å²) in [5.41, 5.74) is 2.79. The van der Waals surface area contributed by atoms with Gasteiger partial charge in [0.05, 0.1) is 10.8 Å². The van der Waals surface area contributed by atoms with Crippen molar-refractivity contribution in [1.82, 2.24) is 9.62 Å². The van der Waals surface area contributed by atoms with Crippen LogP contribution in [0, 0.1) is 5.92 Å². The molecule has 0 saturated carbocycles. The van der Waals surface area contributed by atoms with Crippen LogP contribution in [0.3, 0.4) is 0 Å². The second-order valence-corrected chi connectivity index (χ2v) is 11.0. The highest BCUT2D eigenvalue weighted by atomic mass is 32.2. The van der Waals surface area contributed by atoms with E-state index in [0.717, 1.165) is 24.8 Å². The molecule has 8 heteroatoms. The maximum atomic E-state index is 12.6. The van der Waals surface area contributed by atoms with Gasteiger partial charge in [-0.25, -0.2) is 8.42 Å². The van der Waals surface area contributed by atoms with Crippen LogP contribution in [-0.2, 0) is 21.2 Å². The maximum Gasteiger partial charge on any atom is 0.243 e. The smallest absolute Gasteiger partial charge is 0.243 e. The van der Waals surface area contributed by atoms with Gasteiger partial charge in [-0.2, -0.15) is 4.31 Å². The highest BCUT2D eigenvalue weighted by molar-refractivity contribution is 7.89. The molecule has 1 atom stereocenters. The van der Waals surface area contributed by atoms with Crippen molar-refractivity contribution in [1.29, 1.82) is 0 Å². The van der Waals surface area contributed by atoms with Gasteiger partial charge in [-0.05, 0) is 79.7 Å². The third kappa shape index (κ3) is 6.15. The van der Waals surface area contributed by atoms with Gasteiger partial charge >= 0.3 is 0 Å². The third-order valence-electron chi connectivity index (χ3n) is 5.57. The monoisotopic (exact) mass is 473 g/mol. The molecule has 6 nitrogen and oxygen atoms in total. The molecule has 1 unspecified atom stereocenters. The van der Waals surface area contributed by atoms with Gasteiger partial charge in [0.25, 0.3) is 0 Å². The Hall–Kier alpha value is -2.29. The summed E-state index contributed by atoms with van der Waals surface area (Å²) < 4.78 is 26.7. The first-order valence-corrected chi connectivity index (χ1v) is 12.8. The highest BCUT2D eigenvalue weighted by Crippen LogP contribution is 2.22. The number of carbonyl (C=O) groups excluding carboxylic acids is 1. The Labute approximate surface area is 196 Å². The fourth-order valence-electron chi connectivity index (χ4n) is 3.74. The lowest BCUT2D eigenvalue weighted by atomic mass is 9.96. The molecule has 2 N–H and O–H groups in total. The van der Waals surface area contributed by atoms with E-state index in [4.69, 9.17) is 12.2 Å². The van der Waals surface area contributed by atoms with E-state index in [1.54, 1.807) is 24.3 Å². The van der Waals surface area contributed by atoms with E-state index in [1.165, 1.54) is 9.87 Å². The molecule has 0 bridgehead atoms. The van der Waals surface area contributed by atoms with Crippen LogP contribution in [0.5, 0.6) is 0 Å². The van der Waals surface area contributed by atoms with Crippen molar-refractivity contribution in [3.05, 3.63) is 59.7 Å². The second-order valence-electron chi connectivity index (χ2n) is 8.64. The first-order chi connectivity index (χ1) is 15.2. The molecule has 0 aromatic heterocycles. The van der Waals surface area contributed by atoms with E-state index in [1.807, 2.05) is 19.1 Å². The summed E-state index contributed by atoms with van der Waals surface area (Å²) in [7, 11) is -3.45. The maximum absolute atomic E-state index is 12.6. The molecule has 2 aromatic carbocycles. The van der Waals surface area contributed by atoms with E-state index in [-0.39, 0.29) is 21.8 Å². The van der Waals surface area contributed by atoms with Crippen LogP contribution >= 0.6 is 12.2 Å². The molecule has 0 aliphatic carbocycles. The number of carbonyl (C=O) groups is 1. The number of rotatable bonds is 7. The number of sulfonamides is 1. The van der Waals surface area contributed by atoms with Gasteiger partial charge in [-0.15, -0.1) is 0 Å². The average molecular weight is 474 g/mol. The van der Waals surface area contributed by atoms with Gasteiger partial charge in [0.15, 0.2) is 5.11 Å². The number of hydrogen-bond acceptors (Lipinski definition) is 4. The second kappa shape index (κ2) is 10.6. The van der Waals surface area contributed by atoms with Crippen LogP contribution in [-0.4, -0.2) is 36.8 Å². The van der Waals surface area contributed by atoms with E-state index in [9.17, 15) is 13.2 Å². The summed E-state index contributed by atoms with van der Waals surface area (Å²) in [5, 5.41) is 5.84. The molecule has 1 aliphatic heterocycles. The zero-order valence-corrected chi connectivity index (χ0v) is 20.4. The zero-order chi connectivity index (χ0) is 23.3. The van der Waals surface area contributed by atoms with E-state index < -0.39 is 10.0 Å². The van der Waals surface area contributed by atoms with Gasteiger partial charge in [0.2, 0.25) is 15.9 Å². The third-order valence-corrected chi connectivity index (χ3v) is 7.69. The number of thiocarbonyl (C=S) groups is 1. The molecule has 1 fully saturated rings. The molecule has 2 aromatic rings. The van der Waals surface area contributed by atoms with Crippen LogP contribution in [0.4, 0.5) is 5.69 Å². The summed E-state index contributed by atoms with van der Waals surface area (Å²) >= 11 is 5.27. The van der Waals surface area contributed by atoms with Crippen LogP contribution in [0.25, 0.3) is 0 Å². The number of anilines is 1. The van der Waals surface area contributed by atoms with Crippen molar-refractivity contribution in [3.63, 3.8) is 0 Å². The Kier molecular flexibility index (Phi) is 8.03. The highest BCUT2D eigenvalue weighted by Gasteiger charge is 2.27. The van der Waals surface area contributed by atoms with Crippen molar-refractivity contribution in [2.75, 3.05) is 18.4 Å². The lowest BCUT2D eigenvalue weighted by Crippen LogP contribution is -2.36. The lowest BCUT2D eigenvalue weighted by molar-refractivity contribution is -0.120. The Morgan fingerprint density at radius 1 is 1.00 bits per heavy atom. The van der Waals surface area contributed by atoms with Crippen LogP contribution in [0.1, 0.15) is 50.7 Å². The Balaban J connectivity index is 1.56. The zero-order valence-electron chi connectivity index (χ0n) is 18.8. The van der Waals surface area contributed by atoms with Crippen molar-refractivity contribution in [2.45, 2.75) is 50.8 Å². The normalized spacial score (nSPS) is 15.5. The SMILES string of the molecule is CC(C)Cc1ccc(C(C)C(=O)NC(=S)Nc2ccc(S(=O)(=O)N3CCCC3)cc2)cc1. The molecular weight excluding hydrogens is 442 g/mol. The van der Waals surface area contributed by atoms with Crippen LogP contribution in [0.2, 0.25) is 0 Å². The number of nitrogens with one attached hydrogen (secondary N) is 2. The summed E-state index contributed by atoms with van der Waals surface area (Å²) in [6.45, 7) is 7.33. The van der Waals surface area contributed by atoms with Gasteiger partial charge in [0, 0.05) is 18.8 Å². The number of nitrogens with zero attached hydrogens (tertiary/aromatic N) is 1. The number of hydrogen-bond donors (Lipinski definition) is 2. The van der Waals surface area contributed by atoms with Crippen molar-refractivity contribution >= 4 is 38.9 Å². The number of benzene rings is 2. The average Bonchev–Trinajstić information content (AvgIpc) is 3.29. The Bertz CT molecular complexity index is 1040. The molecule has 1 heterocycles. The van der Waals surface area contributed by atoms with Gasteiger partial charge in [-0.3, -0.25) is 4.79 Å². The summed E-state index contributed by atoms with van der Waals surface area (Å²) in [4.78, 5) is 12.9. The molecule has 0 radical (unpaired) electrons. The minimum absolute atomic E-state index is 0.174. The van der Waals surface area contributed by atoms with Crippen molar-refractivity contribution in [3.8, 4) is 0 Å². The molecule has 0 spiro atoms. The van der Waals surface area contributed by atoms with Gasteiger partial charge in [-0.1, -0.05) is 38.1 Å². The largest absolute Gasteiger partial charge is 0.332 e. The minimum atomic E-state index is -3.45. The molecule has 172 valence electrons. The Morgan fingerprint density at radius 3 is 2.16 bits per heavy atom. The molecule has 32 heavy (non-hydrogen) atoms. The summed E-state index contributed by atoms with van der Waals surface area (Å²) in [5.74, 6) is 0.0302. The predicted molar refractivity (Wildman–Crippen MR) is 132 cm³/mol. The molecule has 1 saturated heterocycles. The van der Waals surface area contributed by atoms with Gasteiger partial charge in [0.1, 0.15) is 0 Å². The molecule has 3 rings (SSSR count). The van der Waals surface area contributed by atoms with Gasteiger partial charge < -0.3 is 10.6 Å². The first-order valence-electron chi connectivity index (χ1n) is 11.0. The van der Waals surface area contributed by atoms with E-state index in [0.29, 0.717) is 24.7 Å². The van der Waals surface area contributed by atoms with Crippen LogP contribution < -0.4 is 10.6 Å². The predicted octanol–water partition coefficient (Wildman–Crippen LogP) is 4.29. The topological polar surface area (TPSA) is 78.5 Å². The number of amides is 1. The molecular formula is C24H31N3O3S2. The van der Waals surface area contributed by atoms with E-state index >= 15 is 0 Å². The fraction of sp³-hybridized carbons (Fsp3) is 0.417. The summed E-state index contributed by atoms with van der Waals surface area (Å²) in [6, 6.07) is 14.5. The quantitative estimate of drug-likeness (QED) is 0.587. The Morgan fingerprint density at radius 2 is 1.59 bits per heavy atom. The molecule has 1 amide bonds. The van der Waals surface area contributed by atoms with Crippen LogP contribution in [0.15, 0.2) is 53.4 Å². The molecule has 1 aliphatic rings. The van der Waals surface area contributed by atoms with Crippen molar-refractivity contribution < 1.29 is 13.2 Å². The standard InChI is InChI=1S/C24H31N3O3S2/c1-17(2)16-19-6-8-20(9-7-19)18(3)23(28)26-24(31)25-21-10-12-22(13-11-21)32(29,30)27-14-4-5-15-27/h6-13,17-18H,4-5,14-16H2,1-3H3,(H2,25,26,28,31). The summed E-state index contributed by atoms with van der Waals surface area (Å²) in [6.07, 6.45) is 2.80. The fourth-order valence-corrected chi connectivity index (χ4v) is 5.47. The minimum Gasteiger partial charge on any atom is -0.332 e.